The Balaban J connectivity index is 0.00000289. The molecule has 0 atom stereocenters. The zero-order valence-electron chi connectivity index (χ0n) is 17.8. The van der Waals surface area contributed by atoms with Gasteiger partial charge in [-0.05, 0) is 41.9 Å². The SMILES string of the molecule is CCOC(=O)CSc1cc(-c2ccccc2)cc(-c2ccccc2)[n+]1-c1ccccc1.[Cl-]. The zero-order chi connectivity index (χ0) is 21.5. The summed E-state index contributed by atoms with van der Waals surface area (Å²) in [6.45, 7) is 2.22. The second kappa shape index (κ2) is 11.5. The fourth-order valence-electron chi connectivity index (χ4n) is 3.47. The highest BCUT2D eigenvalue weighted by Gasteiger charge is 2.24. The van der Waals surface area contributed by atoms with Crippen LogP contribution in [-0.2, 0) is 9.53 Å². The number of para-hydroxylation sites is 1. The van der Waals surface area contributed by atoms with Crippen LogP contribution in [-0.4, -0.2) is 18.3 Å². The number of rotatable bonds is 7. The standard InChI is InChI=1S/C27H24NO2S.ClH/c1-2-30-27(29)20-31-26-19-23(21-12-6-3-7-13-21)18-25(22-14-8-4-9-15-22)28(26)24-16-10-5-11-17-24;/h3-19H,2,20H2,1H3;1H/q+1;/p-1. The Kier molecular flexibility index (Phi) is 8.48. The number of hydrogen-bond donors (Lipinski definition) is 0. The normalized spacial score (nSPS) is 10.3. The van der Waals surface area contributed by atoms with Gasteiger partial charge in [-0.1, -0.05) is 66.7 Å². The van der Waals surface area contributed by atoms with Gasteiger partial charge in [0.2, 0.25) is 16.4 Å². The molecule has 0 bridgehead atoms. The number of esters is 1. The van der Waals surface area contributed by atoms with Crippen LogP contribution in [0.2, 0.25) is 0 Å². The highest BCUT2D eigenvalue weighted by Crippen LogP contribution is 2.30. The third kappa shape index (κ3) is 5.58. The monoisotopic (exact) mass is 461 g/mol. The third-order valence-electron chi connectivity index (χ3n) is 4.87. The van der Waals surface area contributed by atoms with Crippen molar-refractivity contribution < 1.29 is 26.5 Å². The van der Waals surface area contributed by atoms with E-state index in [1.807, 2.05) is 61.5 Å². The fourth-order valence-corrected chi connectivity index (χ4v) is 4.37. The van der Waals surface area contributed by atoms with Gasteiger partial charge in [-0.25, -0.2) is 0 Å². The average Bonchev–Trinajstić information content (AvgIpc) is 2.84. The topological polar surface area (TPSA) is 30.2 Å². The number of halogens is 1. The third-order valence-corrected chi connectivity index (χ3v) is 5.84. The minimum absolute atomic E-state index is 0. The average molecular weight is 462 g/mol. The lowest BCUT2D eigenvalue weighted by Gasteiger charge is -2.12. The maximum absolute atomic E-state index is 12.1. The number of carbonyl (C=O) groups excluding carboxylic acids is 1. The molecule has 0 fully saturated rings. The molecule has 32 heavy (non-hydrogen) atoms. The van der Waals surface area contributed by atoms with E-state index in [1.165, 1.54) is 11.8 Å². The summed E-state index contributed by atoms with van der Waals surface area (Å²) in [6.07, 6.45) is 0. The van der Waals surface area contributed by atoms with Crippen LogP contribution >= 0.6 is 11.8 Å². The molecule has 0 radical (unpaired) electrons. The van der Waals surface area contributed by atoms with Crippen LogP contribution in [0.4, 0.5) is 0 Å². The van der Waals surface area contributed by atoms with E-state index in [0.717, 1.165) is 33.1 Å². The molecule has 5 heteroatoms. The van der Waals surface area contributed by atoms with Crippen LogP contribution in [0, 0.1) is 0 Å². The molecule has 0 aliphatic carbocycles. The van der Waals surface area contributed by atoms with Crippen molar-refractivity contribution in [1.82, 2.24) is 0 Å². The first kappa shape index (κ1) is 23.6. The van der Waals surface area contributed by atoms with E-state index in [2.05, 4.69) is 53.1 Å². The second-order valence-electron chi connectivity index (χ2n) is 6.96. The highest BCUT2D eigenvalue weighted by molar-refractivity contribution is 7.99. The molecule has 0 N–H and O–H groups in total. The highest BCUT2D eigenvalue weighted by atomic mass is 35.5. The Morgan fingerprint density at radius 1 is 0.781 bits per heavy atom. The van der Waals surface area contributed by atoms with Crippen molar-refractivity contribution >= 4 is 17.7 Å². The summed E-state index contributed by atoms with van der Waals surface area (Å²) in [4.78, 5) is 12.1. The molecule has 3 nitrogen and oxygen atoms in total. The van der Waals surface area contributed by atoms with E-state index >= 15 is 0 Å². The molecule has 0 saturated carbocycles. The van der Waals surface area contributed by atoms with Gasteiger partial charge in [0.1, 0.15) is 5.75 Å². The first-order valence-corrected chi connectivity index (χ1v) is 11.3. The number of nitrogens with zero attached hydrogens (tertiary/aromatic N) is 1. The van der Waals surface area contributed by atoms with Gasteiger partial charge in [0, 0.05) is 29.8 Å². The van der Waals surface area contributed by atoms with E-state index in [4.69, 9.17) is 4.74 Å². The predicted molar refractivity (Wildman–Crippen MR) is 126 cm³/mol. The van der Waals surface area contributed by atoms with Gasteiger partial charge >= 0.3 is 5.97 Å². The number of aromatic nitrogens is 1. The van der Waals surface area contributed by atoms with Crippen molar-refractivity contribution in [3.05, 3.63) is 103 Å². The quantitative estimate of drug-likeness (QED) is 0.241. The smallest absolute Gasteiger partial charge is 0.316 e. The maximum atomic E-state index is 12.1. The van der Waals surface area contributed by atoms with Gasteiger partial charge in [0.25, 0.3) is 0 Å². The number of benzene rings is 3. The summed E-state index contributed by atoms with van der Waals surface area (Å²) in [5.74, 6) is 0.0474. The molecule has 162 valence electrons. The summed E-state index contributed by atoms with van der Waals surface area (Å²) in [5, 5.41) is 0.986. The van der Waals surface area contributed by atoms with E-state index in [-0.39, 0.29) is 24.1 Å². The number of pyridine rings is 1. The molecular formula is C27H24ClNO2S. The lowest BCUT2D eigenvalue weighted by atomic mass is 10.0. The molecule has 0 aliphatic heterocycles. The Morgan fingerprint density at radius 3 is 1.94 bits per heavy atom. The van der Waals surface area contributed by atoms with E-state index < -0.39 is 0 Å². The lowest BCUT2D eigenvalue weighted by Crippen LogP contribution is -3.00. The molecule has 0 amide bonds. The summed E-state index contributed by atoms with van der Waals surface area (Å²) in [6, 6.07) is 35.3. The molecule has 0 aliphatic rings. The van der Waals surface area contributed by atoms with Crippen LogP contribution < -0.4 is 17.0 Å². The molecule has 1 aromatic heterocycles. The lowest BCUT2D eigenvalue weighted by molar-refractivity contribution is -0.624. The molecule has 0 saturated heterocycles. The van der Waals surface area contributed by atoms with Gasteiger partial charge in [0.05, 0.1) is 6.61 Å². The van der Waals surface area contributed by atoms with Gasteiger partial charge in [-0.2, -0.15) is 0 Å². The first-order valence-electron chi connectivity index (χ1n) is 10.3. The number of hydrogen-bond acceptors (Lipinski definition) is 3. The zero-order valence-corrected chi connectivity index (χ0v) is 19.4. The van der Waals surface area contributed by atoms with E-state index in [0.29, 0.717) is 6.61 Å². The molecule has 0 unspecified atom stereocenters. The van der Waals surface area contributed by atoms with Crippen molar-refractivity contribution in [2.24, 2.45) is 0 Å². The van der Waals surface area contributed by atoms with Gasteiger partial charge < -0.3 is 17.1 Å². The summed E-state index contributed by atoms with van der Waals surface area (Å²) in [5.41, 5.74) is 5.48. The van der Waals surface area contributed by atoms with Crippen molar-refractivity contribution in [2.45, 2.75) is 11.9 Å². The molecule has 4 rings (SSSR count). The minimum Gasteiger partial charge on any atom is -1.00 e. The summed E-state index contributed by atoms with van der Waals surface area (Å²) >= 11 is 1.50. The number of thioether (sulfide) groups is 1. The Morgan fingerprint density at radius 2 is 1.34 bits per heavy atom. The van der Waals surface area contributed by atoms with Crippen LogP contribution in [0.25, 0.3) is 28.1 Å². The first-order chi connectivity index (χ1) is 15.3. The van der Waals surface area contributed by atoms with Crippen LogP contribution in [0.15, 0.2) is 108 Å². The second-order valence-corrected chi connectivity index (χ2v) is 7.96. The Labute approximate surface area is 199 Å². The number of carbonyl (C=O) groups is 1. The Bertz CT molecular complexity index is 1150. The largest absolute Gasteiger partial charge is 1.00 e. The summed E-state index contributed by atoms with van der Waals surface area (Å²) < 4.78 is 7.38. The molecule has 4 aromatic rings. The van der Waals surface area contributed by atoms with Gasteiger partial charge in [-0.15, -0.1) is 4.57 Å². The van der Waals surface area contributed by atoms with Gasteiger partial charge in [0.15, 0.2) is 0 Å². The van der Waals surface area contributed by atoms with Crippen LogP contribution in [0.5, 0.6) is 0 Å². The summed E-state index contributed by atoms with van der Waals surface area (Å²) in [7, 11) is 0. The molecular weight excluding hydrogens is 438 g/mol. The van der Waals surface area contributed by atoms with Crippen LogP contribution in [0.1, 0.15) is 6.92 Å². The van der Waals surface area contributed by atoms with Crippen molar-refractivity contribution in [3.63, 3.8) is 0 Å². The van der Waals surface area contributed by atoms with Crippen molar-refractivity contribution in [2.75, 3.05) is 12.4 Å². The fraction of sp³-hybridized carbons (Fsp3) is 0.111. The van der Waals surface area contributed by atoms with E-state index in [9.17, 15) is 4.79 Å². The van der Waals surface area contributed by atoms with Crippen molar-refractivity contribution in [1.29, 1.82) is 0 Å². The number of ether oxygens (including phenoxy) is 1. The minimum atomic E-state index is -0.210. The van der Waals surface area contributed by atoms with Gasteiger partial charge in [-0.3, -0.25) is 4.79 Å². The predicted octanol–water partition coefficient (Wildman–Crippen LogP) is 2.96. The molecule has 3 aromatic carbocycles. The maximum Gasteiger partial charge on any atom is 0.316 e. The molecule has 0 spiro atoms. The van der Waals surface area contributed by atoms with E-state index in [1.54, 1.807) is 0 Å². The van der Waals surface area contributed by atoms with Crippen LogP contribution in [0.3, 0.4) is 0 Å². The molecule has 1 heterocycles. The van der Waals surface area contributed by atoms with Crippen molar-refractivity contribution in [3.8, 4) is 28.1 Å². The Hall–Kier alpha value is -3.08.